The van der Waals surface area contributed by atoms with Gasteiger partial charge in [-0.2, -0.15) is 0 Å². The average Bonchev–Trinajstić information content (AvgIpc) is 3.46. The van der Waals surface area contributed by atoms with Crippen molar-refractivity contribution >= 4 is 17.9 Å². The molecule has 0 aromatic heterocycles. The SMILES string of the molecule is C=C(C)C(=O)OCCCCCCOc1ccc(-c2ccc(C3O[C@@H](C(=O)OCCC)[C@H](C(=O)OCCC)O3)cc2)cc1. The first kappa shape index (κ1) is 32.8. The fourth-order valence-electron chi connectivity index (χ4n) is 4.14. The lowest BCUT2D eigenvalue weighted by molar-refractivity contribution is -0.163. The molecule has 1 saturated heterocycles. The van der Waals surface area contributed by atoms with Crippen molar-refractivity contribution in [2.45, 2.75) is 77.8 Å². The molecular formula is C33H42O9. The Morgan fingerprint density at radius 3 is 1.69 bits per heavy atom. The Hall–Kier alpha value is -3.69. The second-order valence-corrected chi connectivity index (χ2v) is 10.1. The highest BCUT2D eigenvalue weighted by atomic mass is 16.8. The molecule has 3 rings (SSSR count). The molecule has 0 radical (unpaired) electrons. The van der Waals surface area contributed by atoms with E-state index in [4.69, 9.17) is 28.4 Å². The lowest BCUT2D eigenvalue weighted by atomic mass is 10.0. The number of unbranched alkanes of at least 4 members (excludes halogenated alkanes) is 3. The number of esters is 3. The fourth-order valence-corrected chi connectivity index (χ4v) is 4.14. The first-order valence-corrected chi connectivity index (χ1v) is 14.6. The molecule has 1 aliphatic heterocycles. The van der Waals surface area contributed by atoms with Crippen LogP contribution in [0.1, 0.15) is 71.1 Å². The molecule has 1 heterocycles. The van der Waals surface area contributed by atoms with E-state index in [1.54, 1.807) is 6.92 Å². The molecule has 0 saturated carbocycles. The smallest absolute Gasteiger partial charge is 0.338 e. The molecule has 1 aliphatic rings. The molecule has 228 valence electrons. The summed E-state index contributed by atoms with van der Waals surface area (Å²) in [5, 5.41) is 0. The van der Waals surface area contributed by atoms with Crippen LogP contribution in [0.5, 0.6) is 5.75 Å². The third-order valence-corrected chi connectivity index (χ3v) is 6.44. The summed E-state index contributed by atoms with van der Waals surface area (Å²) in [7, 11) is 0. The predicted molar refractivity (Wildman–Crippen MR) is 157 cm³/mol. The van der Waals surface area contributed by atoms with E-state index in [1.165, 1.54) is 0 Å². The Labute approximate surface area is 248 Å². The van der Waals surface area contributed by atoms with Gasteiger partial charge < -0.3 is 28.4 Å². The number of rotatable bonds is 17. The van der Waals surface area contributed by atoms with Gasteiger partial charge in [-0.05, 0) is 68.7 Å². The number of hydrogen-bond donors (Lipinski definition) is 0. The molecule has 0 spiro atoms. The summed E-state index contributed by atoms with van der Waals surface area (Å²) in [5.41, 5.74) is 3.08. The molecule has 2 aromatic carbocycles. The molecule has 0 N–H and O–H groups in total. The van der Waals surface area contributed by atoms with E-state index in [-0.39, 0.29) is 19.2 Å². The van der Waals surface area contributed by atoms with Crippen LogP contribution in [0, 0.1) is 0 Å². The lowest BCUT2D eigenvalue weighted by Crippen LogP contribution is -2.39. The number of carbonyl (C=O) groups is 3. The summed E-state index contributed by atoms with van der Waals surface area (Å²) in [5.74, 6) is -0.828. The van der Waals surface area contributed by atoms with Crippen molar-refractivity contribution in [2.75, 3.05) is 26.4 Å². The number of benzene rings is 2. The van der Waals surface area contributed by atoms with Crippen LogP contribution < -0.4 is 4.74 Å². The minimum atomic E-state index is -1.19. The zero-order valence-electron chi connectivity index (χ0n) is 24.8. The van der Waals surface area contributed by atoms with E-state index in [0.717, 1.165) is 42.6 Å². The van der Waals surface area contributed by atoms with Crippen molar-refractivity contribution < 1.29 is 42.8 Å². The predicted octanol–water partition coefficient (Wildman–Crippen LogP) is 6.10. The first-order chi connectivity index (χ1) is 20.3. The normalized spacial score (nSPS) is 16.5. The maximum Gasteiger partial charge on any atom is 0.338 e. The van der Waals surface area contributed by atoms with Crippen LogP contribution in [-0.4, -0.2) is 56.5 Å². The monoisotopic (exact) mass is 582 g/mol. The summed E-state index contributed by atoms with van der Waals surface area (Å²) >= 11 is 0. The van der Waals surface area contributed by atoms with Gasteiger partial charge in [0.1, 0.15) is 5.75 Å². The van der Waals surface area contributed by atoms with Crippen molar-refractivity contribution in [3.05, 3.63) is 66.2 Å². The minimum Gasteiger partial charge on any atom is -0.494 e. The van der Waals surface area contributed by atoms with E-state index >= 15 is 0 Å². The summed E-state index contributed by atoms with van der Waals surface area (Å²) in [4.78, 5) is 36.5. The van der Waals surface area contributed by atoms with Crippen LogP contribution in [0.25, 0.3) is 11.1 Å². The van der Waals surface area contributed by atoms with E-state index in [2.05, 4.69) is 6.58 Å². The Morgan fingerprint density at radius 1 is 0.690 bits per heavy atom. The lowest BCUT2D eigenvalue weighted by Gasteiger charge is -2.14. The van der Waals surface area contributed by atoms with Gasteiger partial charge in [0.05, 0.1) is 26.4 Å². The molecule has 0 unspecified atom stereocenters. The molecule has 9 heteroatoms. The van der Waals surface area contributed by atoms with Crippen molar-refractivity contribution in [2.24, 2.45) is 0 Å². The van der Waals surface area contributed by atoms with Gasteiger partial charge in [-0.3, -0.25) is 0 Å². The van der Waals surface area contributed by atoms with Crippen molar-refractivity contribution in [1.29, 1.82) is 0 Å². The van der Waals surface area contributed by atoms with Gasteiger partial charge in [0, 0.05) is 11.1 Å². The fraction of sp³-hybridized carbons (Fsp3) is 0.485. The van der Waals surface area contributed by atoms with Gasteiger partial charge in [0.25, 0.3) is 0 Å². The van der Waals surface area contributed by atoms with Gasteiger partial charge in [-0.1, -0.05) is 56.8 Å². The van der Waals surface area contributed by atoms with Gasteiger partial charge >= 0.3 is 17.9 Å². The Morgan fingerprint density at radius 2 is 1.19 bits per heavy atom. The molecule has 0 bridgehead atoms. The maximum absolute atomic E-state index is 12.5. The zero-order valence-corrected chi connectivity index (χ0v) is 24.8. The first-order valence-electron chi connectivity index (χ1n) is 14.6. The standard InChI is InChI=1S/C33H42O9/c1-5-19-38-31(35)28-29(32(36)39-20-6-2)42-33(41-28)26-13-11-24(12-14-26)25-15-17-27(18-16-25)37-21-9-7-8-10-22-40-30(34)23(3)4/h11-18,28-29,33H,3,5-10,19-22H2,1-2,4H3/t28-,29-/m1/s1. The minimum absolute atomic E-state index is 0.231. The highest BCUT2D eigenvalue weighted by Crippen LogP contribution is 2.34. The highest BCUT2D eigenvalue weighted by molar-refractivity contribution is 5.87. The third-order valence-electron chi connectivity index (χ3n) is 6.44. The van der Waals surface area contributed by atoms with E-state index in [0.29, 0.717) is 37.2 Å². The van der Waals surface area contributed by atoms with Crippen LogP contribution in [0.4, 0.5) is 0 Å². The van der Waals surface area contributed by atoms with Gasteiger partial charge in [-0.25, -0.2) is 14.4 Å². The third kappa shape index (κ3) is 9.99. The van der Waals surface area contributed by atoms with Crippen molar-refractivity contribution in [3.8, 4) is 16.9 Å². The molecule has 0 amide bonds. The molecule has 9 nitrogen and oxygen atoms in total. The Bertz CT molecular complexity index is 1130. The average molecular weight is 583 g/mol. The van der Waals surface area contributed by atoms with Crippen LogP contribution in [0.15, 0.2) is 60.7 Å². The van der Waals surface area contributed by atoms with Crippen molar-refractivity contribution in [3.63, 3.8) is 0 Å². The van der Waals surface area contributed by atoms with Gasteiger partial charge in [-0.15, -0.1) is 0 Å². The van der Waals surface area contributed by atoms with Crippen molar-refractivity contribution in [1.82, 2.24) is 0 Å². The molecule has 2 atom stereocenters. The second-order valence-electron chi connectivity index (χ2n) is 10.1. The zero-order chi connectivity index (χ0) is 30.3. The summed E-state index contributed by atoms with van der Waals surface area (Å²) in [6, 6.07) is 15.4. The van der Waals surface area contributed by atoms with Crippen LogP contribution >= 0.6 is 0 Å². The number of carbonyl (C=O) groups excluding carboxylic acids is 3. The quantitative estimate of drug-likeness (QED) is 0.0946. The number of hydrogen-bond acceptors (Lipinski definition) is 9. The Balaban J connectivity index is 1.48. The van der Waals surface area contributed by atoms with E-state index < -0.39 is 30.4 Å². The van der Waals surface area contributed by atoms with Gasteiger partial charge in [0.2, 0.25) is 0 Å². The summed E-state index contributed by atoms with van der Waals surface area (Å²) < 4.78 is 33.1. The molecule has 0 aliphatic carbocycles. The summed E-state index contributed by atoms with van der Waals surface area (Å²) in [6.07, 6.45) is 1.71. The second kappa shape index (κ2) is 17.3. The summed E-state index contributed by atoms with van der Waals surface area (Å²) in [6.45, 7) is 10.5. The Kier molecular flexibility index (Phi) is 13.5. The van der Waals surface area contributed by atoms with E-state index in [9.17, 15) is 14.4 Å². The maximum atomic E-state index is 12.5. The highest BCUT2D eigenvalue weighted by Gasteiger charge is 2.47. The van der Waals surface area contributed by atoms with Crippen LogP contribution in [-0.2, 0) is 38.1 Å². The van der Waals surface area contributed by atoms with E-state index in [1.807, 2.05) is 62.4 Å². The van der Waals surface area contributed by atoms with Crippen LogP contribution in [0.3, 0.4) is 0 Å². The van der Waals surface area contributed by atoms with Gasteiger partial charge in [0.15, 0.2) is 18.5 Å². The topological polar surface area (TPSA) is 107 Å². The molecule has 1 fully saturated rings. The largest absolute Gasteiger partial charge is 0.494 e. The molecular weight excluding hydrogens is 540 g/mol. The number of ether oxygens (including phenoxy) is 6. The molecule has 2 aromatic rings. The van der Waals surface area contributed by atoms with Crippen LogP contribution in [0.2, 0.25) is 0 Å². The molecule has 42 heavy (non-hydrogen) atoms.